The molecule has 1 unspecified atom stereocenters. The molecule has 0 fully saturated rings. The van der Waals surface area contributed by atoms with Gasteiger partial charge in [-0.25, -0.2) is 0 Å². The minimum atomic E-state index is -0.855. The van der Waals surface area contributed by atoms with Crippen molar-refractivity contribution in [2.45, 2.75) is 12.8 Å². The van der Waals surface area contributed by atoms with E-state index < -0.39 is 11.9 Å². The van der Waals surface area contributed by atoms with Gasteiger partial charge in [-0.3, -0.25) is 4.79 Å². The van der Waals surface area contributed by atoms with Crippen LogP contribution in [-0.2, 0) is 4.79 Å². The van der Waals surface area contributed by atoms with Gasteiger partial charge in [-0.15, -0.1) is 0 Å². The zero-order valence-electron chi connectivity index (χ0n) is 8.03. The lowest BCUT2D eigenvalue weighted by Gasteiger charge is -2.05. The molecule has 1 atom stereocenters. The van der Waals surface area contributed by atoms with E-state index in [9.17, 15) is 4.79 Å². The first kappa shape index (κ1) is 10.1. The molecule has 15 heavy (non-hydrogen) atoms. The van der Waals surface area contributed by atoms with Gasteiger partial charge in [0.25, 0.3) is 0 Å². The van der Waals surface area contributed by atoms with Crippen molar-refractivity contribution >= 4 is 28.5 Å². The summed E-state index contributed by atoms with van der Waals surface area (Å²) >= 11 is 5.69. The van der Waals surface area contributed by atoms with Gasteiger partial charge >= 0.3 is 5.97 Å². The fourth-order valence-electron chi connectivity index (χ4n) is 1.43. The van der Waals surface area contributed by atoms with Gasteiger partial charge in [0, 0.05) is 11.5 Å². The van der Waals surface area contributed by atoms with Crippen LogP contribution < -0.4 is 0 Å². The van der Waals surface area contributed by atoms with Gasteiger partial charge in [0.05, 0.1) is 5.92 Å². The van der Waals surface area contributed by atoms with Crippen molar-refractivity contribution in [1.29, 1.82) is 0 Å². The predicted octanol–water partition coefficient (Wildman–Crippen LogP) is 3.27. The Morgan fingerprint density at radius 2 is 2.20 bits per heavy atom. The molecule has 78 valence electrons. The Kier molecular flexibility index (Phi) is 2.40. The van der Waals surface area contributed by atoms with Crippen LogP contribution in [0.25, 0.3) is 11.0 Å². The number of carboxylic acid groups (broad SMARTS) is 1. The van der Waals surface area contributed by atoms with Gasteiger partial charge in [-0.2, -0.15) is 0 Å². The van der Waals surface area contributed by atoms with E-state index >= 15 is 0 Å². The Morgan fingerprint density at radius 3 is 2.87 bits per heavy atom. The molecule has 1 N–H and O–H groups in total. The SMILES string of the molecule is CC(C(=O)O)c1ccc2cc(Cl)oc2c1. The summed E-state index contributed by atoms with van der Waals surface area (Å²) in [6.07, 6.45) is 0. The highest BCUT2D eigenvalue weighted by molar-refractivity contribution is 6.29. The molecule has 0 saturated carbocycles. The molecule has 1 aromatic heterocycles. The Morgan fingerprint density at radius 1 is 1.47 bits per heavy atom. The number of benzene rings is 1. The van der Waals surface area contributed by atoms with E-state index in [1.807, 2.05) is 0 Å². The summed E-state index contributed by atoms with van der Waals surface area (Å²) in [5, 5.41) is 10.0. The summed E-state index contributed by atoms with van der Waals surface area (Å²) in [6.45, 7) is 1.63. The van der Waals surface area contributed by atoms with E-state index in [0.717, 1.165) is 5.39 Å². The smallest absolute Gasteiger partial charge is 0.310 e. The number of aliphatic carboxylic acids is 1. The summed E-state index contributed by atoms with van der Waals surface area (Å²) in [5.74, 6) is -1.40. The Labute approximate surface area is 91.3 Å². The van der Waals surface area contributed by atoms with E-state index in [-0.39, 0.29) is 0 Å². The van der Waals surface area contributed by atoms with Crippen LogP contribution in [0, 0.1) is 0 Å². The van der Waals surface area contributed by atoms with Gasteiger partial charge in [0.15, 0.2) is 5.22 Å². The van der Waals surface area contributed by atoms with Crippen LogP contribution in [-0.4, -0.2) is 11.1 Å². The van der Waals surface area contributed by atoms with Crippen molar-refractivity contribution in [2.75, 3.05) is 0 Å². The van der Waals surface area contributed by atoms with Crippen LogP contribution in [0.4, 0.5) is 0 Å². The highest BCUT2D eigenvalue weighted by atomic mass is 35.5. The first-order valence-corrected chi connectivity index (χ1v) is 4.87. The van der Waals surface area contributed by atoms with Crippen molar-refractivity contribution in [2.24, 2.45) is 0 Å². The first-order chi connectivity index (χ1) is 7.08. The summed E-state index contributed by atoms with van der Waals surface area (Å²) in [5.41, 5.74) is 1.33. The number of carbonyl (C=O) groups is 1. The third-order valence-electron chi connectivity index (χ3n) is 2.38. The molecular weight excluding hydrogens is 216 g/mol. The second kappa shape index (κ2) is 3.59. The number of rotatable bonds is 2. The topological polar surface area (TPSA) is 50.4 Å². The normalized spacial score (nSPS) is 12.9. The number of fused-ring (bicyclic) bond motifs is 1. The molecule has 1 heterocycles. The average molecular weight is 225 g/mol. The fraction of sp³-hybridized carbons (Fsp3) is 0.182. The lowest BCUT2D eigenvalue weighted by atomic mass is 10.0. The number of hydrogen-bond acceptors (Lipinski definition) is 2. The van der Waals surface area contributed by atoms with E-state index in [2.05, 4.69) is 0 Å². The van der Waals surface area contributed by atoms with Crippen LogP contribution in [0.15, 0.2) is 28.7 Å². The zero-order valence-corrected chi connectivity index (χ0v) is 8.78. The highest BCUT2D eigenvalue weighted by Crippen LogP contribution is 2.26. The summed E-state index contributed by atoms with van der Waals surface area (Å²) in [7, 11) is 0. The Balaban J connectivity index is 2.50. The van der Waals surface area contributed by atoms with Crippen molar-refractivity contribution < 1.29 is 14.3 Å². The molecule has 3 nitrogen and oxygen atoms in total. The molecule has 0 saturated heterocycles. The maximum Gasteiger partial charge on any atom is 0.310 e. The van der Waals surface area contributed by atoms with Crippen molar-refractivity contribution in [3.8, 4) is 0 Å². The van der Waals surface area contributed by atoms with Gasteiger partial charge in [0.2, 0.25) is 0 Å². The van der Waals surface area contributed by atoms with Crippen molar-refractivity contribution in [3.63, 3.8) is 0 Å². The molecule has 0 radical (unpaired) electrons. The Bertz CT molecular complexity index is 516. The van der Waals surface area contributed by atoms with E-state index in [1.165, 1.54) is 0 Å². The molecule has 2 aromatic rings. The highest BCUT2D eigenvalue weighted by Gasteiger charge is 2.14. The molecule has 2 rings (SSSR count). The standard InChI is InChI=1S/C11H9ClO3/c1-6(11(13)14)7-2-3-8-5-10(12)15-9(8)4-7/h2-6H,1H3,(H,13,14). The van der Waals surface area contributed by atoms with E-state index in [1.54, 1.807) is 31.2 Å². The predicted molar refractivity (Wildman–Crippen MR) is 57.3 cm³/mol. The average Bonchev–Trinajstić information content (AvgIpc) is 2.55. The number of carboxylic acids is 1. The Hall–Kier alpha value is -1.48. The third kappa shape index (κ3) is 1.83. The van der Waals surface area contributed by atoms with E-state index in [0.29, 0.717) is 16.4 Å². The van der Waals surface area contributed by atoms with Crippen LogP contribution >= 0.6 is 11.6 Å². The van der Waals surface area contributed by atoms with Crippen LogP contribution in [0.1, 0.15) is 18.4 Å². The largest absolute Gasteiger partial charge is 0.481 e. The molecule has 0 aliphatic carbocycles. The molecule has 0 aliphatic heterocycles. The third-order valence-corrected chi connectivity index (χ3v) is 2.57. The van der Waals surface area contributed by atoms with E-state index in [4.69, 9.17) is 21.1 Å². The van der Waals surface area contributed by atoms with Crippen LogP contribution in [0.5, 0.6) is 0 Å². The number of halogens is 1. The maximum absolute atomic E-state index is 10.8. The summed E-state index contributed by atoms with van der Waals surface area (Å²) in [6, 6.07) is 6.98. The molecule has 0 spiro atoms. The molecule has 0 bridgehead atoms. The second-order valence-corrected chi connectivity index (χ2v) is 3.78. The first-order valence-electron chi connectivity index (χ1n) is 4.50. The fourth-order valence-corrected chi connectivity index (χ4v) is 1.63. The molecule has 4 heteroatoms. The lowest BCUT2D eigenvalue weighted by molar-refractivity contribution is -0.138. The van der Waals surface area contributed by atoms with Gasteiger partial charge in [-0.05, 0) is 30.2 Å². The van der Waals surface area contributed by atoms with Crippen LogP contribution in [0.3, 0.4) is 0 Å². The summed E-state index contributed by atoms with van der Waals surface area (Å²) < 4.78 is 5.21. The molecular formula is C11H9ClO3. The second-order valence-electron chi connectivity index (χ2n) is 3.41. The molecule has 1 aromatic carbocycles. The lowest BCUT2D eigenvalue weighted by Crippen LogP contribution is -2.06. The van der Waals surface area contributed by atoms with Gasteiger partial charge < -0.3 is 9.52 Å². The molecule has 0 aliphatic rings. The minimum Gasteiger partial charge on any atom is -0.481 e. The quantitative estimate of drug-likeness (QED) is 0.852. The monoisotopic (exact) mass is 224 g/mol. The number of hydrogen-bond donors (Lipinski definition) is 1. The summed E-state index contributed by atoms with van der Waals surface area (Å²) in [4.78, 5) is 10.8. The molecule has 0 amide bonds. The van der Waals surface area contributed by atoms with Crippen LogP contribution in [0.2, 0.25) is 5.22 Å². The number of furan rings is 1. The minimum absolute atomic E-state index is 0.310. The maximum atomic E-state index is 10.8. The zero-order chi connectivity index (χ0) is 11.0. The van der Waals surface area contributed by atoms with Crippen molar-refractivity contribution in [3.05, 3.63) is 35.0 Å². The van der Waals surface area contributed by atoms with Crippen molar-refractivity contribution in [1.82, 2.24) is 0 Å². The van der Waals surface area contributed by atoms with Gasteiger partial charge in [0.1, 0.15) is 5.58 Å². The van der Waals surface area contributed by atoms with Gasteiger partial charge in [-0.1, -0.05) is 12.1 Å².